The molecule has 1 unspecified atom stereocenters. The van der Waals surface area contributed by atoms with Crippen LogP contribution >= 0.6 is 0 Å². The van der Waals surface area contributed by atoms with Crippen molar-refractivity contribution in [2.45, 2.75) is 6.10 Å². The Bertz CT molecular complexity index is 171. The smallest absolute Gasteiger partial charge is 0.225 e. The van der Waals surface area contributed by atoms with Crippen molar-refractivity contribution in [2.75, 3.05) is 33.4 Å². The van der Waals surface area contributed by atoms with E-state index in [0.29, 0.717) is 0 Å². The largest absolute Gasteiger partial charge is 0.389 e. The predicted molar refractivity (Wildman–Crippen MR) is 47.3 cm³/mol. The lowest BCUT2D eigenvalue weighted by molar-refractivity contribution is -0.127. The van der Waals surface area contributed by atoms with Crippen molar-refractivity contribution in [1.82, 2.24) is 10.6 Å². The van der Waals surface area contributed by atoms with Crippen LogP contribution in [-0.2, 0) is 9.53 Å². The average molecular weight is 188 g/mol. The standard InChI is InChI=1S/C8H16N2O3/c1-13-5-7(11)4-10-8(12)6-2-9-3-6/h6-7,9,11H,2-5H2,1H3,(H,10,12). The number of hydrogen-bond acceptors (Lipinski definition) is 4. The fraction of sp³-hybridized carbons (Fsp3) is 0.875. The van der Waals surface area contributed by atoms with E-state index in [9.17, 15) is 9.90 Å². The Balaban J connectivity index is 2.06. The number of rotatable bonds is 5. The number of ether oxygens (including phenoxy) is 1. The van der Waals surface area contributed by atoms with Crippen molar-refractivity contribution in [3.05, 3.63) is 0 Å². The molecule has 0 bridgehead atoms. The minimum Gasteiger partial charge on any atom is -0.389 e. The number of amides is 1. The number of methoxy groups -OCH3 is 1. The third kappa shape index (κ3) is 3.30. The van der Waals surface area contributed by atoms with Gasteiger partial charge in [0.1, 0.15) is 0 Å². The van der Waals surface area contributed by atoms with Crippen LogP contribution in [0, 0.1) is 5.92 Å². The van der Waals surface area contributed by atoms with E-state index < -0.39 is 6.10 Å². The van der Waals surface area contributed by atoms with Gasteiger partial charge in [0.05, 0.1) is 18.6 Å². The Morgan fingerprint density at radius 1 is 1.77 bits per heavy atom. The summed E-state index contributed by atoms with van der Waals surface area (Å²) in [7, 11) is 1.51. The molecule has 0 aliphatic carbocycles. The van der Waals surface area contributed by atoms with Gasteiger partial charge in [-0.2, -0.15) is 0 Å². The van der Waals surface area contributed by atoms with Gasteiger partial charge in [-0.3, -0.25) is 4.79 Å². The van der Waals surface area contributed by atoms with Gasteiger partial charge in [-0.05, 0) is 0 Å². The second-order valence-electron chi connectivity index (χ2n) is 3.21. The van der Waals surface area contributed by atoms with Crippen molar-refractivity contribution < 1.29 is 14.6 Å². The molecule has 0 spiro atoms. The first-order valence-corrected chi connectivity index (χ1v) is 4.39. The van der Waals surface area contributed by atoms with E-state index in [-0.39, 0.29) is 25.0 Å². The molecule has 0 aromatic carbocycles. The van der Waals surface area contributed by atoms with Crippen LogP contribution < -0.4 is 10.6 Å². The van der Waals surface area contributed by atoms with Gasteiger partial charge in [0.2, 0.25) is 5.91 Å². The summed E-state index contributed by atoms with van der Waals surface area (Å²) in [5, 5.41) is 14.9. The second kappa shape index (κ2) is 5.16. The van der Waals surface area contributed by atoms with E-state index >= 15 is 0 Å². The summed E-state index contributed by atoms with van der Waals surface area (Å²) in [4.78, 5) is 11.2. The molecule has 1 fully saturated rings. The normalized spacial score (nSPS) is 19.2. The summed E-state index contributed by atoms with van der Waals surface area (Å²) >= 11 is 0. The van der Waals surface area contributed by atoms with E-state index in [4.69, 9.17) is 4.74 Å². The highest BCUT2D eigenvalue weighted by molar-refractivity contribution is 5.79. The number of carbonyl (C=O) groups is 1. The molecule has 1 rings (SSSR count). The molecule has 3 N–H and O–H groups in total. The van der Waals surface area contributed by atoms with Gasteiger partial charge in [-0.25, -0.2) is 0 Å². The first-order chi connectivity index (χ1) is 6.24. The molecule has 1 heterocycles. The molecular weight excluding hydrogens is 172 g/mol. The Morgan fingerprint density at radius 3 is 2.92 bits per heavy atom. The van der Waals surface area contributed by atoms with E-state index in [1.807, 2.05) is 0 Å². The van der Waals surface area contributed by atoms with Crippen molar-refractivity contribution in [2.24, 2.45) is 5.92 Å². The van der Waals surface area contributed by atoms with Crippen LogP contribution in [0.2, 0.25) is 0 Å². The van der Waals surface area contributed by atoms with Crippen molar-refractivity contribution in [3.63, 3.8) is 0 Å². The maximum atomic E-state index is 11.2. The molecule has 5 heteroatoms. The molecule has 0 saturated carbocycles. The van der Waals surface area contributed by atoms with E-state index in [1.165, 1.54) is 7.11 Å². The Kier molecular flexibility index (Phi) is 4.14. The van der Waals surface area contributed by atoms with Crippen molar-refractivity contribution >= 4 is 5.91 Å². The maximum absolute atomic E-state index is 11.2. The molecule has 1 aliphatic rings. The zero-order valence-corrected chi connectivity index (χ0v) is 7.75. The fourth-order valence-corrected chi connectivity index (χ4v) is 1.09. The zero-order valence-electron chi connectivity index (χ0n) is 7.75. The van der Waals surface area contributed by atoms with Gasteiger partial charge in [0, 0.05) is 26.7 Å². The molecule has 76 valence electrons. The highest BCUT2D eigenvalue weighted by Crippen LogP contribution is 2.01. The molecule has 1 amide bonds. The summed E-state index contributed by atoms with van der Waals surface area (Å²) < 4.78 is 4.72. The SMILES string of the molecule is COCC(O)CNC(=O)C1CNC1. The van der Waals surface area contributed by atoms with Crippen LogP contribution in [0.25, 0.3) is 0 Å². The van der Waals surface area contributed by atoms with Gasteiger partial charge in [-0.15, -0.1) is 0 Å². The summed E-state index contributed by atoms with van der Waals surface area (Å²) in [6, 6.07) is 0. The number of aliphatic hydroxyl groups excluding tert-OH is 1. The van der Waals surface area contributed by atoms with E-state index in [1.54, 1.807) is 0 Å². The summed E-state index contributed by atoms with van der Waals surface area (Å²) in [5.41, 5.74) is 0. The van der Waals surface area contributed by atoms with Gasteiger partial charge in [-0.1, -0.05) is 0 Å². The van der Waals surface area contributed by atoms with Crippen LogP contribution in [0.1, 0.15) is 0 Å². The Labute approximate surface area is 77.5 Å². The minimum absolute atomic E-state index is 0.00824. The van der Waals surface area contributed by atoms with Crippen LogP contribution in [-0.4, -0.2) is 50.5 Å². The van der Waals surface area contributed by atoms with Crippen molar-refractivity contribution in [1.29, 1.82) is 0 Å². The molecule has 0 aromatic rings. The van der Waals surface area contributed by atoms with Gasteiger partial charge in [0.25, 0.3) is 0 Å². The zero-order chi connectivity index (χ0) is 9.68. The molecule has 1 atom stereocenters. The van der Waals surface area contributed by atoms with E-state index in [0.717, 1.165) is 13.1 Å². The number of aliphatic hydroxyl groups is 1. The number of hydrogen-bond donors (Lipinski definition) is 3. The highest BCUT2D eigenvalue weighted by atomic mass is 16.5. The monoisotopic (exact) mass is 188 g/mol. The van der Waals surface area contributed by atoms with Crippen molar-refractivity contribution in [3.8, 4) is 0 Å². The van der Waals surface area contributed by atoms with Crippen LogP contribution in [0.3, 0.4) is 0 Å². The molecule has 13 heavy (non-hydrogen) atoms. The number of carbonyl (C=O) groups excluding carboxylic acids is 1. The molecule has 5 nitrogen and oxygen atoms in total. The second-order valence-corrected chi connectivity index (χ2v) is 3.21. The van der Waals surface area contributed by atoms with E-state index in [2.05, 4.69) is 10.6 Å². The number of nitrogens with one attached hydrogen (secondary N) is 2. The quantitative estimate of drug-likeness (QED) is 0.482. The van der Waals surface area contributed by atoms with Gasteiger partial charge >= 0.3 is 0 Å². The van der Waals surface area contributed by atoms with Crippen LogP contribution in [0.15, 0.2) is 0 Å². The Hall–Kier alpha value is -0.650. The van der Waals surface area contributed by atoms with Gasteiger partial charge in [0.15, 0.2) is 0 Å². The minimum atomic E-state index is -0.609. The topological polar surface area (TPSA) is 70.6 Å². The maximum Gasteiger partial charge on any atom is 0.225 e. The third-order valence-electron chi connectivity index (χ3n) is 2.02. The summed E-state index contributed by atoms with van der Waals surface area (Å²) in [5.74, 6) is 0.0867. The highest BCUT2D eigenvalue weighted by Gasteiger charge is 2.24. The fourth-order valence-electron chi connectivity index (χ4n) is 1.09. The average Bonchev–Trinajstić information content (AvgIpc) is 1.98. The lowest BCUT2D eigenvalue weighted by Crippen LogP contribution is -2.52. The molecule has 0 aromatic heterocycles. The molecule has 1 aliphatic heterocycles. The lowest BCUT2D eigenvalue weighted by atomic mass is 10.0. The molecular formula is C8H16N2O3. The lowest BCUT2D eigenvalue weighted by Gasteiger charge is -2.26. The summed E-state index contributed by atoms with van der Waals surface area (Å²) in [6.45, 7) is 2.00. The summed E-state index contributed by atoms with van der Waals surface area (Å²) in [6.07, 6.45) is -0.609. The van der Waals surface area contributed by atoms with Gasteiger partial charge < -0.3 is 20.5 Å². The van der Waals surface area contributed by atoms with Crippen LogP contribution in [0.4, 0.5) is 0 Å². The predicted octanol–water partition coefficient (Wildman–Crippen LogP) is -1.67. The third-order valence-corrected chi connectivity index (χ3v) is 2.02. The first-order valence-electron chi connectivity index (χ1n) is 4.39. The first kappa shape index (κ1) is 10.4. The molecule has 0 radical (unpaired) electrons. The molecule has 1 saturated heterocycles. The van der Waals surface area contributed by atoms with Crippen LogP contribution in [0.5, 0.6) is 0 Å². The Morgan fingerprint density at radius 2 is 2.46 bits per heavy atom.